The van der Waals surface area contributed by atoms with Crippen molar-refractivity contribution in [3.63, 3.8) is 0 Å². The van der Waals surface area contributed by atoms with Gasteiger partial charge in [0.15, 0.2) is 0 Å². The molecule has 4 aromatic carbocycles. The second-order valence-corrected chi connectivity index (χ2v) is 7.65. The van der Waals surface area contributed by atoms with Gasteiger partial charge in [-0.2, -0.15) is 0 Å². The topological polar surface area (TPSA) is 9.23 Å². The second-order valence-electron chi connectivity index (χ2n) is 6.50. The molecule has 0 amide bonds. The molecule has 4 rings (SSSR count). The third-order valence-electron chi connectivity index (χ3n) is 4.28. The summed E-state index contributed by atoms with van der Waals surface area (Å²) in [4.78, 5) is 2.45. The van der Waals surface area contributed by atoms with Crippen LogP contribution in [-0.2, 0) is 0 Å². The van der Waals surface area contributed by atoms with Crippen LogP contribution in [-0.4, -0.2) is 0 Å². The molecule has 2 heteroatoms. The molecule has 4 aromatic rings. The molecule has 0 N–H and O–H groups in total. The van der Waals surface area contributed by atoms with E-state index in [1.165, 1.54) is 31.7 Å². The highest BCUT2D eigenvalue weighted by molar-refractivity contribution is 7.99. The lowest BCUT2D eigenvalue weighted by Crippen LogP contribution is -1.85. The molecule has 0 spiro atoms. The summed E-state index contributed by atoms with van der Waals surface area (Å²) in [7, 11) is 0. The third-order valence-corrected chi connectivity index (χ3v) is 5.30. The lowest BCUT2D eigenvalue weighted by Gasteiger charge is -2.08. The fourth-order valence-electron chi connectivity index (χ4n) is 2.86. The molecule has 0 aliphatic carbocycles. The SMILES string of the molecule is Cc1ccc(Sc2ccc(Oc3ccc4cc(C)ccc4c3)cc2)cc1. The zero-order valence-corrected chi connectivity index (χ0v) is 15.7. The molecule has 26 heavy (non-hydrogen) atoms. The number of ether oxygens (including phenoxy) is 1. The Labute approximate surface area is 158 Å². The van der Waals surface area contributed by atoms with Crippen molar-refractivity contribution in [3.8, 4) is 11.5 Å². The first-order valence-corrected chi connectivity index (χ1v) is 9.50. The number of hydrogen-bond donors (Lipinski definition) is 0. The number of fused-ring (bicyclic) bond motifs is 1. The highest BCUT2D eigenvalue weighted by atomic mass is 32.2. The van der Waals surface area contributed by atoms with E-state index in [1.807, 2.05) is 18.2 Å². The Bertz CT molecular complexity index is 1030. The van der Waals surface area contributed by atoms with Gasteiger partial charge in [-0.25, -0.2) is 0 Å². The van der Waals surface area contributed by atoms with Crippen molar-refractivity contribution in [2.45, 2.75) is 23.6 Å². The van der Waals surface area contributed by atoms with Gasteiger partial charge < -0.3 is 4.74 Å². The second kappa shape index (κ2) is 7.27. The molecule has 0 unspecified atom stereocenters. The summed E-state index contributed by atoms with van der Waals surface area (Å²) in [6.45, 7) is 4.22. The Morgan fingerprint density at radius 1 is 0.538 bits per heavy atom. The third kappa shape index (κ3) is 3.92. The van der Waals surface area contributed by atoms with Crippen molar-refractivity contribution in [1.82, 2.24) is 0 Å². The van der Waals surface area contributed by atoms with Crippen LogP contribution in [0.5, 0.6) is 11.5 Å². The van der Waals surface area contributed by atoms with Gasteiger partial charge >= 0.3 is 0 Å². The minimum atomic E-state index is 0.852. The molecule has 0 heterocycles. The van der Waals surface area contributed by atoms with Crippen molar-refractivity contribution in [2.24, 2.45) is 0 Å². The summed E-state index contributed by atoms with van der Waals surface area (Å²) >= 11 is 1.76. The van der Waals surface area contributed by atoms with E-state index in [-0.39, 0.29) is 0 Å². The zero-order chi connectivity index (χ0) is 17.9. The van der Waals surface area contributed by atoms with Crippen LogP contribution in [0.3, 0.4) is 0 Å². The number of rotatable bonds is 4. The van der Waals surface area contributed by atoms with Crippen LogP contribution >= 0.6 is 11.8 Å². The van der Waals surface area contributed by atoms with Gasteiger partial charge in [-0.05, 0) is 73.2 Å². The molecule has 0 atom stereocenters. The molecule has 128 valence electrons. The molecular formula is C24H20OS. The maximum Gasteiger partial charge on any atom is 0.128 e. The Morgan fingerprint density at radius 3 is 1.81 bits per heavy atom. The van der Waals surface area contributed by atoms with Crippen molar-refractivity contribution >= 4 is 22.5 Å². The van der Waals surface area contributed by atoms with Crippen molar-refractivity contribution in [2.75, 3.05) is 0 Å². The van der Waals surface area contributed by atoms with E-state index in [1.54, 1.807) is 11.8 Å². The minimum Gasteiger partial charge on any atom is -0.457 e. The van der Waals surface area contributed by atoms with Gasteiger partial charge in [0, 0.05) is 9.79 Å². The van der Waals surface area contributed by atoms with Crippen LogP contribution in [0.15, 0.2) is 94.7 Å². The van der Waals surface area contributed by atoms with E-state index < -0.39 is 0 Å². The van der Waals surface area contributed by atoms with Gasteiger partial charge in [0.05, 0.1) is 0 Å². The van der Waals surface area contributed by atoms with Gasteiger partial charge in [0.2, 0.25) is 0 Å². The largest absolute Gasteiger partial charge is 0.457 e. The van der Waals surface area contributed by atoms with E-state index in [2.05, 4.69) is 80.6 Å². The Balaban J connectivity index is 1.48. The molecule has 0 bridgehead atoms. The molecule has 0 aliphatic heterocycles. The predicted molar refractivity (Wildman–Crippen MR) is 111 cm³/mol. The summed E-state index contributed by atoms with van der Waals surface area (Å²) in [5, 5.41) is 2.43. The van der Waals surface area contributed by atoms with Crippen molar-refractivity contribution in [1.29, 1.82) is 0 Å². The maximum atomic E-state index is 6.03. The zero-order valence-electron chi connectivity index (χ0n) is 14.9. The molecule has 0 fully saturated rings. The molecule has 0 radical (unpaired) electrons. The average Bonchev–Trinajstić information content (AvgIpc) is 2.65. The Hall–Kier alpha value is -2.71. The van der Waals surface area contributed by atoms with Crippen molar-refractivity contribution < 1.29 is 4.74 Å². The fourth-order valence-corrected chi connectivity index (χ4v) is 3.68. The predicted octanol–water partition coefficient (Wildman–Crippen LogP) is 7.40. The summed E-state index contributed by atoms with van der Waals surface area (Å²) in [6.07, 6.45) is 0. The van der Waals surface area contributed by atoms with E-state index in [4.69, 9.17) is 4.74 Å². The normalized spacial score (nSPS) is 10.8. The van der Waals surface area contributed by atoms with Crippen LogP contribution < -0.4 is 4.74 Å². The molecule has 0 saturated carbocycles. The average molecular weight is 356 g/mol. The lowest BCUT2D eigenvalue weighted by molar-refractivity contribution is 0.483. The summed E-state index contributed by atoms with van der Waals surface area (Å²) in [5.74, 6) is 1.71. The van der Waals surface area contributed by atoms with Crippen LogP contribution in [0, 0.1) is 13.8 Å². The minimum absolute atomic E-state index is 0.852. The molecular weight excluding hydrogens is 336 g/mol. The summed E-state index contributed by atoms with van der Waals surface area (Å²) in [5.41, 5.74) is 2.55. The van der Waals surface area contributed by atoms with Gasteiger partial charge in [0.25, 0.3) is 0 Å². The van der Waals surface area contributed by atoms with Crippen LogP contribution in [0.1, 0.15) is 11.1 Å². The fraction of sp³-hybridized carbons (Fsp3) is 0.0833. The number of hydrogen-bond acceptors (Lipinski definition) is 2. The lowest BCUT2D eigenvalue weighted by atomic mass is 10.1. The van der Waals surface area contributed by atoms with E-state index >= 15 is 0 Å². The van der Waals surface area contributed by atoms with Gasteiger partial charge in [0.1, 0.15) is 11.5 Å². The first kappa shape index (κ1) is 16.7. The smallest absolute Gasteiger partial charge is 0.128 e. The Morgan fingerprint density at radius 2 is 1.08 bits per heavy atom. The van der Waals surface area contributed by atoms with Gasteiger partial charge in [-0.15, -0.1) is 0 Å². The number of aryl methyl sites for hydroxylation is 2. The highest BCUT2D eigenvalue weighted by Gasteiger charge is 2.02. The first-order chi connectivity index (χ1) is 12.7. The monoisotopic (exact) mass is 356 g/mol. The standard InChI is InChI=1S/C24H20OS/c1-17-4-11-23(12-5-17)26-24-13-9-21(10-14-24)25-22-8-7-19-15-18(2)3-6-20(19)16-22/h3-16H,1-2H3. The number of benzene rings is 4. The van der Waals surface area contributed by atoms with E-state index in [9.17, 15) is 0 Å². The van der Waals surface area contributed by atoms with E-state index in [0.29, 0.717) is 0 Å². The molecule has 1 nitrogen and oxygen atoms in total. The summed E-state index contributed by atoms with van der Waals surface area (Å²) < 4.78 is 6.03. The highest BCUT2D eigenvalue weighted by Crippen LogP contribution is 2.31. The quantitative estimate of drug-likeness (QED) is 0.377. The first-order valence-electron chi connectivity index (χ1n) is 8.69. The molecule has 0 aromatic heterocycles. The molecule has 0 aliphatic rings. The molecule has 0 saturated heterocycles. The van der Waals surface area contributed by atoms with Gasteiger partial charge in [-0.1, -0.05) is 59.3 Å². The summed E-state index contributed by atoms with van der Waals surface area (Å²) in [6, 6.07) is 29.5. The van der Waals surface area contributed by atoms with Crippen LogP contribution in [0.25, 0.3) is 10.8 Å². The Kier molecular flexibility index (Phi) is 4.68. The van der Waals surface area contributed by atoms with E-state index in [0.717, 1.165) is 11.5 Å². The van der Waals surface area contributed by atoms with Crippen LogP contribution in [0.4, 0.5) is 0 Å². The maximum absolute atomic E-state index is 6.03. The van der Waals surface area contributed by atoms with Crippen molar-refractivity contribution in [3.05, 3.63) is 96.1 Å². The van der Waals surface area contributed by atoms with Crippen LogP contribution in [0.2, 0.25) is 0 Å². The van der Waals surface area contributed by atoms with Gasteiger partial charge in [-0.3, -0.25) is 0 Å².